The van der Waals surface area contributed by atoms with E-state index in [1.807, 2.05) is 15.7 Å². The van der Waals surface area contributed by atoms with Crippen molar-refractivity contribution in [3.8, 4) is 0 Å². The molecule has 7 heteroatoms. The molecule has 0 aliphatic carbocycles. The first-order chi connectivity index (χ1) is 11.1. The molecule has 5 nitrogen and oxygen atoms in total. The van der Waals surface area contributed by atoms with E-state index >= 15 is 0 Å². The van der Waals surface area contributed by atoms with Gasteiger partial charge >= 0.3 is 6.03 Å². The number of nitrogens with one attached hydrogen (secondary N) is 1. The number of nitrogens with zero attached hydrogens (tertiary/aromatic N) is 3. The van der Waals surface area contributed by atoms with Crippen LogP contribution in [-0.2, 0) is 13.1 Å². The molecule has 0 saturated carbocycles. The van der Waals surface area contributed by atoms with Gasteiger partial charge in [-0.2, -0.15) is 0 Å². The number of benzene rings is 1. The first-order valence-electron chi connectivity index (χ1n) is 7.57. The molecule has 122 valence electrons. The van der Waals surface area contributed by atoms with E-state index in [1.54, 1.807) is 24.7 Å². The smallest absolute Gasteiger partial charge is 0.317 e. The van der Waals surface area contributed by atoms with Crippen molar-refractivity contribution in [3.63, 3.8) is 0 Å². The molecule has 1 aromatic heterocycles. The maximum Gasteiger partial charge on any atom is 0.317 e. The van der Waals surface area contributed by atoms with E-state index in [2.05, 4.69) is 10.3 Å². The number of rotatable bonds is 4. The number of aromatic nitrogens is 2. The summed E-state index contributed by atoms with van der Waals surface area (Å²) in [6.45, 7) is 1.59. The maximum atomic E-state index is 13.7. The zero-order chi connectivity index (χ0) is 16.2. The Labute approximate surface area is 139 Å². The van der Waals surface area contributed by atoms with Crippen LogP contribution < -0.4 is 5.32 Å². The van der Waals surface area contributed by atoms with Gasteiger partial charge in [0.2, 0.25) is 0 Å². The van der Waals surface area contributed by atoms with Gasteiger partial charge < -0.3 is 14.8 Å². The van der Waals surface area contributed by atoms with Crippen molar-refractivity contribution in [2.45, 2.75) is 32.0 Å². The molecule has 0 bridgehead atoms. The summed E-state index contributed by atoms with van der Waals surface area (Å²) in [4.78, 5) is 18.2. The number of carbonyl (C=O) groups excluding carboxylic acids is 1. The SMILES string of the molecule is O=C(NCc1ccc(Cl)cc1F)N1CCC[C@H]1Cn1ccnc1. The minimum atomic E-state index is -0.408. The van der Waals surface area contributed by atoms with E-state index in [9.17, 15) is 9.18 Å². The number of hydrogen-bond acceptors (Lipinski definition) is 2. The number of carbonyl (C=O) groups is 1. The van der Waals surface area contributed by atoms with Crippen molar-refractivity contribution in [2.24, 2.45) is 0 Å². The van der Waals surface area contributed by atoms with E-state index < -0.39 is 5.82 Å². The lowest BCUT2D eigenvalue weighted by molar-refractivity contribution is 0.187. The Morgan fingerprint density at radius 2 is 2.35 bits per heavy atom. The minimum Gasteiger partial charge on any atom is -0.335 e. The van der Waals surface area contributed by atoms with Gasteiger partial charge in [0, 0.05) is 42.6 Å². The largest absolute Gasteiger partial charge is 0.335 e. The fourth-order valence-corrected chi connectivity index (χ4v) is 3.03. The molecular formula is C16H18ClFN4O. The standard InChI is InChI=1S/C16H18ClFN4O/c17-13-4-3-12(15(18)8-13)9-20-16(23)22-6-1-2-14(22)10-21-7-5-19-11-21/h3-5,7-8,11,14H,1-2,6,9-10H2,(H,20,23)/t14-/m0/s1. The van der Waals surface area contributed by atoms with Crippen LogP contribution in [-0.4, -0.2) is 33.1 Å². The van der Waals surface area contributed by atoms with Crippen molar-refractivity contribution >= 4 is 17.6 Å². The summed E-state index contributed by atoms with van der Waals surface area (Å²) in [6, 6.07) is 4.43. The molecule has 1 aliphatic heterocycles. The van der Waals surface area contributed by atoms with Crippen LogP contribution in [0.4, 0.5) is 9.18 Å². The van der Waals surface area contributed by atoms with Crippen LogP contribution in [0.15, 0.2) is 36.9 Å². The topological polar surface area (TPSA) is 50.2 Å². The van der Waals surface area contributed by atoms with Gasteiger partial charge in [0.25, 0.3) is 0 Å². The molecule has 23 heavy (non-hydrogen) atoms. The summed E-state index contributed by atoms with van der Waals surface area (Å²) < 4.78 is 15.7. The summed E-state index contributed by atoms with van der Waals surface area (Å²) in [5.41, 5.74) is 0.424. The molecule has 1 atom stereocenters. The molecule has 2 aromatic rings. The molecule has 1 aromatic carbocycles. The van der Waals surface area contributed by atoms with Crippen molar-refractivity contribution in [1.29, 1.82) is 0 Å². The van der Waals surface area contributed by atoms with Gasteiger partial charge in [-0.05, 0) is 25.0 Å². The summed E-state index contributed by atoms with van der Waals surface area (Å²) >= 11 is 5.73. The zero-order valence-electron chi connectivity index (χ0n) is 12.6. The van der Waals surface area contributed by atoms with Gasteiger partial charge in [0.15, 0.2) is 0 Å². The van der Waals surface area contributed by atoms with Gasteiger partial charge in [-0.15, -0.1) is 0 Å². The monoisotopic (exact) mass is 336 g/mol. The molecule has 1 saturated heterocycles. The molecule has 2 heterocycles. The third-order valence-corrected chi connectivity index (χ3v) is 4.30. The van der Waals surface area contributed by atoms with E-state index in [1.165, 1.54) is 6.07 Å². The fourth-order valence-electron chi connectivity index (χ4n) is 2.87. The maximum absolute atomic E-state index is 13.7. The molecule has 1 N–H and O–H groups in total. The predicted molar refractivity (Wildman–Crippen MR) is 85.6 cm³/mol. The quantitative estimate of drug-likeness (QED) is 0.933. The number of imidazole rings is 1. The Balaban J connectivity index is 1.58. The molecular weight excluding hydrogens is 319 g/mol. The number of halogens is 2. The molecule has 1 aliphatic rings. The van der Waals surface area contributed by atoms with Crippen LogP contribution in [0.2, 0.25) is 5.02 Å². The van der Waals surface area contributed by atoms with E-state index in [-0.39, 0.29) is 18.6 Å². The fraction of sp³-hybridized carbons (Fsp3) is 0.375. The van der Waals surface area contributed by atoms with E-state index in [0.29, 0.717) is 17.1 Å². The molecule has 0 radical (unpaired) electrons. The highest BCUT2D eigenvalue weighted by Crippen LogP contribution is 2.19. The second kappa shape index (κ2) is 7.00. The summed E-state index contributed by atoms with van der Waals surface area (Å²) in [6.07, 6.45) is 7.29. The lowest BCUT2D eigenvalue weighted by atomic mass is 10.2. The summed E-state index contributed by atoms with van der Waals surface area (Å²) in [5.74, 6) is -0.408. The Morgan fingerprint density at radius 3 is 3.09 bits per heavy atom. The van der Waals surface area contributed by atoms with Crippen molar-refractivity contribution in [3.05, 3.63) is 53.3 Å². The van der Waals surface area contributed by atoms with Gasteiger partial charge in [0.05, 0.1) is 12.4 Å². The van der Waals surface area contributed by atoms with Crippen molar-refractivity contribution in [1.82, 2.24) is 19.8 Å². The highest BCUT2D eigenvalue weighted by Gasteiger charge is 2.28. The van der Waals surface area contributed by atoms with Crippen LogP contribution in [0.1, 0.15) is 18.4 Å². The van der Waals surface area contributed by atoms with Gasteiger partial charge in [0.1, 0.15) is 5.82 Å². The third-order valence-electron chi connectivity index (χ3n) is 4.06. The lowest BCUT2D eigenvalue weighted by Gasteiger charge is -2.25. The summed E-state index contributed by atoms with van der Waals surface area (Å²) in [7, 11) is 0. The van der Waals surface area contributed by atoms with Crippen LogP contribution in [0, 0.1) is 5.82 Å². The van der Waals surface area contributed by atoms with Gasteiger partial charge in [-0.25, -0.2) is 14.2 Å². The molecule has 2 amide bonds. The Morgan fingerprint density at radius 1 is 1.48 bits per heavy atom. The van der Waals surface area contributed by atoms with Gasteiger partial charge in [-0.1, -0.05) is 17.7 Å². The minimum absolute atomic E-state index is 0.138. The third kappa shape index (κ3) is 3.82. The Kier molecular flexibility index (Phi) is 4.81. The second-order valence-electron chi connectivity index (χ2n) is 5.64. The Bertz CT molecular complexity index is 677. The normalized spacial score (nSPS) is 17.5. The van der Waals surface area contributed by atoms with Crippen LogP contribution in [0.3, 0.4) is 0 Å². The lowest BCUT2D eigenvalue weighted by Crippen LogP contribution is -2.44. The number of urea groups is 1. The molecule has 1 fully saturated rings. The second-order valence-corrected chi connectivity index (χ2v) is 6.08. The van der Waals surface area contributed by atoms with Crippen molar-refractivity contribution < 1.29 is 9.18 Å². The highest BCUT2D eigenvalue weighted by atomic mass is 35.5. The molecule has 3 rings (SSSR count). The van der Waals surface area contributed by atoms with Crippen molar-refractivity contribution in [2.75, 3.05) is 6.54 Å². The average Bonchev–Trinajstić information content (AvgIpc) is 3.18. The molecule has 0 unspecified atom stereocenters. The number of likely N-dealkylation sites (tertiary alicyclic amines) is 1. The van der Waals surface area contributed by atoms with E-state index in [0.717, 1.165) is 19.4 Å². The Hall–Kier alpha value is -2.08. The molecule has 0 spiro atoms. The summed E-state index contributed by atoms with van der Waals surface area (Å²) in [5, 5.41) is 3.13. The van der Waals surface area contributed by atoms with Crippen LogP contribution in [0.5, 0.6) is 0 Å². The van der Waals surface area contributed by atoms with Crippen LogP contribution in [0.25, 0.3) is 0 Å². The van der Waals surface area contributed by atoms with Crippen LogP contribution >= 0.6 is 11.6 Å². The first-order valence-corrected chi connectivity index (χ1v) is 7.95. The first kappa shape index (κ1) is 15.8. The number of amides is 2. The zero-order valence-corrected chi connectivity index (χ0v) is 13.3. The predicted octanol–water partition coefficient (Wildman–Crippen LogP) is 3.05. The number of hydrogen-bond donors (Lipinski definition) is 1. The average molecular weight is 337 g/mol. The van der Waals surface area contributed by atoms with E-state index in [4.69, 9.17) is 11.6 Å². The van der Waals surface area contributed by atoms with Gasteiger partial charge in [-0.3, -0.25) is 0 Å². The highest BCUT2D eigenvalue weighted by molar-refractivity contribution is 6.30.